The van der Waals surface area contributed by atoms with E-state index < -0.39 is 0 Å². The van der Waals surface area contributed by atoms with Crippen LogP contribution in [-0.4, -0.2) is 25.6 Å². The molecule has 0 radical (unpaired) electrons. The first-order valence-corrected chi connectivity index (χ1v) is 4.25. The summed E-state index contributed by atoms with van der Waals surface area (Å²) in [7, 11) is 1.49. The zero-order chi connectivity index (χ0) is 9.40. The molecule has 0 bridgehead atoms. The van der Waals surface area contributed by atoms with E-state index >= 15 is 0 Å². The van der Waals surface area contributed by atoms with E-state index in [1.807, 2.05) is 6.92 Å². The zero-order valence-corrected chi connectivity index (χ0v) is 8.02. The Labute approximate surface area is 73.6 Å². The molecule has 0 aliphatic carbocycles. The number of rotatable bonds is 6. The highest BCUT2D eigenvalue weighted by molar-refractivity contribution is 5.78. The molecule has 0 saturated heterocycles. The molecule has 4 nitrogen and oxygen atoms in total. The molecule has 0 aromatic carbocycles. The molecule has 0 aromatic rings. The number of hydrogen-bond donors (Lipinski definition) is 2. The molecule has 1 amide bonds. The average molecular weight is 174 g/mol. The molecule has 0 aliphatic rings. The maximum Gasteiger partial charge on any atom is 0.236 e. The van der Waals surface area contributed by atoms with Crippen molar-refractivity contribution < 1.29 is 9.63 Å². The molecule has 0 aliphatic heterocycles. The Bertz CT molecular complexity index is 128. The van der Waals surface area contributed by atoms with Crippen molar-refractivity contribution in [2.45, 2.75) is 32.7 Å². The minimum Gasteiger partial charge on any atom is -0.352 e. The second-order valence-corrected chi connectivity index (χ2v) is 2.78. The minimum absolute atomic E-state index is 0.0298. The van der Waals surface area contributed by atoms with E-state index in [2.05, 4.69) is 22.6 Å². The maximum absolute atomic E-state index is 11.0. The third kappa shape index (κ3) is 6.12. The van der Waals surface area contributed by atoms with Crippen molar-refractivity contribution in [3.63, 3.8) is 0 Å². The molecule has 0 saturated carbocycles. The van der Waals surface area contributed by atoms with Crippen LogP contribution in [0.3, 0.4) is 0 Å². The summed E-state index contributed by atoms with van der Waals surface area (Å²) in [5.41, 5.74) is 2.48. The maximum atomic E-state index is 11.0. The predicted octanol–water partition coefficient (Wildman–Crippen LogP) is 0.442. The van der Waals surface area contributed by atoms with Gasteiger partial charge in [-0.25, -0.2) is 0 Å². The zero-order valence-electron chi connectivity index (χ0n) is 8.02. The van der Waals surface area contributed by atoms with Crippen LogP contribution in [0.1, 0.15) is 26.7 Å². The van der Waals surface area contributed by atoms with Crippen LogP contribution in [0.15, 0.2) is 0 Å². The van der Waals surface area contributed by atoms with Crippen LogP contribution < -0.4 is 10.8 Å². The van der Waals surface area contributed by atoms with Gasteiger partial charge in [-0.2, -0.15) is 5.48 Å². The lowest BCUT2D eigenvalue weighted by Gasteiger charge is -2.12. The van der Waals surface area contributed by atoms with Crippen LogP contribution in [0.25, 0.3) is 0 Å². The van der Waals surface area contributed by atoms with Crippen LogP contribution in [0, 0.1) is 0 Å². The van der Waals surface area contributed by atoms with Gasteiger partial charge < -0.3 is 10.2 Å². The summed E-state index contributed by atoms with van der Waals surface area (Å²) in [6.07, 6.45) is 2.10. The Morgan fingerprint density at radius 1 is 1.58 bits per heavy atom. The second-order valence-electron chi connectivity index (χ2n) is 2.78. The molecular formula is C8H18N2O2. The van der Waals surface area contributed by atoms with Crippen molar-refractivity contribution in [2.75, 3.05) is 13.7 Å². The number of carbonyl (C=O) groups excluding carboxylic acids is 1. The van der Waals surface area contributed by atoms with Crippen molar-refractivity contribution in [3.8, 4) is 0 Å². The topological polar surface area (TPSA) is 50.4 Å². The number of amides is 1. The molecule has 72 valence electrons. The summed E-state index contributed by atoms with van der Waals surface area (Å²) in [5, 5.41) is 2.83. The van der Waals surface area contributed by atoms with Crippen molar-refractivity contribution in [1.29, 1.82) is 0 Å². The molecule has 0 heterocycles. The normalized spacial score (nSPS) is 12.6. The number of hydrogen-bond acceptors (Lipinski definition) is 3. The Morgan fingerprint density at radius 2 is 2.25 bits per heavy atom. The first-order valence-electron chi connectivity index (χ1n) is 4.25. The van der Waals surface area contributed by atoms with E-state index in [9.17, 15) is 4.79 Å². The van der Waals surface area contributed by atoms with Gasteiger partial charge in [-0.15, -0.1) is 0 Å². The molecular weight excluding hydrogens is 156 g/mol. The van der Waals surface area contributed by atoms with Crippen molar-refractivity contribution in [2.24, 2.45) is 0 Å². The SMILES string of the molecule is CCCC(C)NC(=O)CNOC. The lowest BCUT2D eigenvalue weighted by atomic mass is 10.2. The Morgan fingerprint density at radius 3 is 2.75 bits per heavy atom. The predicted molar refractivity (Wildman–Crippen MR) is 47.5 cm³/mol. The smallest absolute Gasteiger partial charge is 0.236 e. The van der Waals surface area contributed by atoms with E-state index in [-0.39, 0.29) is 18.5 Å². The summed E-state index contributed by atoms with van der Waals surface area (Å²) in [5.74, 6) is -0.0298. The summed E-state index contributed by atoms with van der Waals surface area (Å²) < 4.78 is 0. The molecule has 0 fully saturated rings. The van der Waals surface area contributed by atoms with Crippen LogP contribution in [0.4, 0.5) is 0 Å². The molecule has 4 heteroatoms. The molecule has 0 spiro atoms. The Balaban J connectivity index is 3.40. The van der Waals surface area contributed by atoms with E-state index in [1.165, 1.54) is 7.11 Å². The number of carbonyl (C=O) groups is 1. The standard InChI is InChI=1S/C8H18N2O2/c1-4-5-7(2)10-8(11)6-9-12-3/h7,9H,4-6H2,1-3H3,(H,10,11). The fraction of sp³-hybridized carbons (Fsp3) is 0.875. The highest BCUT2D eigenvalue weighted by atomic mass is 16.6. The third-order valence-electron chi connectivity index (χ3n) is 1.51. The highest BCUT2D eigenvalue weighted by Gasteiger charge is 2.04. The van der Waals surface area contributed by atoms with Gasteiger partial charge in [-0.05, 0) is 13.3 Å². The third-order valence-corrected chi connectivity index (χ3v) is 1.51. The fourth-order valence-corrected chi connectivity index (χ4v) is 0.969. The van der Waals surface area contributed by atoms with Gasteiger partial charge in [0.25, 0.3) is 0 Å². The van der Waals surface area contributed by atoms with Crippen LogP contribution in [-0.2, 0) is 9.63 Å². The van der Waals surface area contributed by atoms with Gasteiger partial charge in [0.15, 0.2) is 0 Å². The summed E-state index contributed by atoms with van der Waals surface area (Å²) in [4.78, 5) is 15.6. The Kier molecular flexibility index (Phi) is 6.70. The Hall–Kier alpha value is -0.610. The van der Waals surface area contributed by atoms with Crippen molar-refractivity contribution in [3.05, 3.63) is 0 Å². The quantitative estimate of drug-likeness (QED) is 0.574. The molecule has 2 N–H and O–H groups in total. The van der Waals surface area contributed by atoms with Gasteiger partial charge in [0.2, 0.25) is 5.91 Å². The van der Waals surface area contributed by atoms with Crippen molar-refractivity contribution >= 4 is 5.91 Å². The van der Waals surface area contributed by atoms with E-state index in [0.29, 0.717) is 0 Å². The van der Waals surface area contributed by atoms with Crippen LogP contribution in [0.5, 0.6) is 0 Å². The highest BCUT2D eigenvalue weighted by Crippen LogP contribution is 1.93. The molecule has 0 aromatic heterocycles. The first-order chi connectivity index (χ1) is 5.70. The monoisotopic (exact) mass is 174 g/mol. The molecule has 12 heavy (non-hydrogen) atoms. The van der Waals surface area contributed by atoms with Crippen LogP contribution in [0.2, 0.25) is 0 Å². The number of nitrogens with one attached hydrogen (secondary N) is 2. The lowest BCUT2D eigenvalue weighted by molar-refractivity contribution is -0.122. The van der Waals surface area contributed by atoms with E-state index in [0.717, 1.165) is 12.8 Å². The second kappa shape index (κ2) is 7.06. The summed E-state index contributed by atoms with van der Waals surface area (Å²) in [6, 6.07) is 0.251. The number of hydroxylamine groups is 1. The minimum atomic E-state index is -0.0298. The van der Waals surface area contributed by atoms with Gasteiger partial charge in [0, 0.05) is 6.04 Å². The van der Waals surface area contributed by atoms with E-state index in [1.54, 1.807) is 0 Å². The van der Waals surface area contributed by atoms with Gasteiger partial charge >= 0.3 is 0 Å². The van der Waals surface area contributed by atoms with Gasteiger partial charge in [0.05, 0.1) is 13.7 Å². The lowest BCUT2D eigenvalue weighted by Crippen LogP contribution is -2.38. The van der Waals surface area contributed by atoms with Crippen molar-refractivity contribution in [1.82, 2.24) is 10.8 Å². The fourth-order valence-electron chi connectivity index (χ4n) is 0.969. The van der Waals surface area contributed by atoms with Gasteiger partial charge in [0.1, 0.15) is 0 Å². The largest absolute Gasteiger partial charge is 0.352 e. The molecule has 1 unspecified atom stereocenters. The van der Waals surface area contributed by atoms with Gasteiger partial charge in [-0.1, -0.05) is 13.3 Å². The molecule has 0 rings (SSSR count). The molecule has 1 atom stereocenters. The van der Waals surface area contributed by atoms with Gasteiger partial charge in [-0.3, -0.25) is 4.79 Å². The van der Waals surface area contributed by atoms with Crippen LogP contribution >= 0.6 is 0 Å². The van der Waals surface area contributed by atoms with E-state index in [4.69, 9.17) is 0 Å². The average Bonchev–Trinajstić information content (AvgIpc) is 2.01. The summed E-state index contributed by atoms with van der Waals surface area (Å²) in [6.45, 7) is 4.30. The summed E-state index contributed by atoms with van der Waals surface area (Å²) >= 11 is 0. The first kappa shape index (κ1) is 11.4.